The molecule has 0 saturated carbocycles. The number of guanidine groups is 1. The highest BCUT2D eigenvalue weighted by molar-refractivity contribution is 14.0. The van der Waals surface area contributed by atoms with E-state index in [9.17, 15) is 0 Å². The molecule has 1 saturated heterocycles. The van der Waals surface area contributed by atoms with Crippen molar-refractivity contribution in [1.29, 1.82) is 0 Å². The van der Waals surface area contributed by atoms with Gasteiger partial charge in [0, 0.05) is 31.7 Å². The van der Waals surface area contributed by atoms with Crippen LogP contribution in [0.15, 0.2) is 41.8 Å². The molecule has 0 bridgehead atoms. The zero-order valence-electron chi connectivity index (χ0n) is 12.1. The molecular weight excluding hydrogens is 395 g/mol. The lowest BCUT2D eigenvalue weighted by Gasteiger charge is -2.27. The van der Waals surface area contributed by atoms with E-state index < -0.39 is 0 Å². The van der Waals surface area contributed by atoms with Crippen molar-refractivity contribution in [1.82, 2.24) is 19.7 Å². The highest BCUT2D eigenvalue weighted by Gasteiger charge is 2.11. The highest BCUT2D eigenvalue weighted by atomic mass is 127. The van der Waals surface area contributed by atoms with Gasteiger partial charge in [-0.1, -0.05) is 0 Å². The van der Waals surface area contributed by atoms with E-state index in [0.29, 0.717) is 25.7 Å². The van der Waals surface area contributed by atoms with E-state index in [1.165, 1.54) is 0 Å². The summed E-state index contributed by atoms with van der Waals surface area (Å²) < 4.78 is 7.02. The van der Waals surface area contributed by atoms with Crippen LogP contribution in [-0.4, -0.2) is 51.9 Å². The summed E-state index contributed by atoms with van der Waals surface area (Å²) in [6.45, 7) is 3.53. The number of aromatic nitrogens is 3. The number of rotatable bonds is 3. The molecule has 8 heteroatoms. The van der Waals surface area contributed by atoms with Crippen LogP contribution in [0.5, 0.6) is 0 Å². The third-order valence-electron chi connectivity index (χ3n) is 3.31. The van der Waals surface area contributed by atoms with Crippen molar-refractivity contribution in [3.8, 4) is 5.82 Å². The number of hydrogen-bond donors (Lipinski definition) is 1. The third kappa shape index (κ3) is 4.17. The highest BCUT2D eigenvalue weighted by Crippen LogP contribution is 2.08. The SMILES string of the molecule is I.NC(=NCc1ccnc(-n2cccn2)c1)N1CCOCC1. The maximum absolute atomic E-state index is 6.02. The van der Waals surface area contributed by atoms with E-state index in [1.807, 2.05) is 29.3 Å². The first-order valence-corrected chi connectivity index (χ1v) is 6.90. The van der Waals surface area contributed by atoms with Gasteiger partial charge in [0.2, 0.25) is 0 Å². The molecule has 22 heavy (non-hydrogen) atoms. The van der Waals surface area contributed by atoms with Crippen molar-refractivity contribution in [2.24, 2.45) is 10.7 Å². The number of aliphatic imine (C=N–C) groups is 1. The largest absolute Gasteiger partial charge is 0.378 e. The van der Waals surface area contributed by atoms with Crippen molar-refractivity contribution >= 4 is 29.9 Å². The topological polar surface area (TPSA) is 81.6 Å². The molecule has 2 aromatic heterocycles. The Morgan fingerprint density at radius 2 is 2.14 bits per heavy atom. The van der Waals surface area contributed by atoms with Crippen LogP contribution < -0.4 is 5.73 Å². The molecule has 3 heterocycles. The summed E-state index contributed by atoms with van der Waals surface area (Å²) in [5.74, 6) is 1.34. The average molecular weight is 414 g/mol. The second kappa shape index (κ2) is 8.08. The second-order valence-corrected chi connectivity index (χ2v) is 4.75. The summed E-state index contributed by atoms with van der Waals surface area (Å²) in [4.78, 5) is 10.8. The van der Waals surface area contributed by atoms with Crippen molar-refractivity contribution < 1.29 is 4.74 Å². The summed E-state index contributed by atoms with van der Waals surface area (Å²) in [7, 11) is 0. The molecule has 0 aliphatic carbocycles. The number of nitrogens with zero attached hydrogens (tertiary/aromatic N) is 5. The van der Waals surface area contributed by atoms with E-state index in [0.717, 1.165) is 24.5 Å². The predicted octanol–water partition coefficient (Wildman–Crippen LogP) is 1.03. The third-order valence-corrected chi connectivity index (χ3v) is 3.31. The van der Waals surface area contributed by atoms with Gasteiger partial charge >= 0.3 is 0 Å². The molecule has 3 rings (SSSR count). The molecule has 1 fully saturated rings. The minimum Gasteiger partial charge on any atom is -0.378 e. The molecule has 2 aromatic rings. The van der Waals surface area contributed by atoms with Crippen molar-refractivity contribution in [2.45, 2.75) is 6.54 Å². The summed E-state index contributed by atoms with van der Waals surface area (Å²) in [6.07, 6.45) is 5.34. The number of halogens is 1. The summed E-state index contributed by atoms with van der Waals surface area (Å²) in [5, 5.41) is 4.17. The van der Waals surface area contributed by atoms with Gasteiger partial charge in [0.25, 0.3) is 0 Å². The lowest BCUT2D eigenvalue weighted by Crippen LogP contribution is -2.44. The van der Waals surface area contributed by atoms with Gasteiger partial charge in [-0.15, -0.1) is 24.0 Å². The first-order valence-electron chi connectivity index (χ1n) is 6.90. The smallest absolute Gasteiger partial charge is 0.191 e. The van der Waals surface area contributed by atoms with Gasteiger partial charge in [-0.2, -0.15) is 5.10 Å². The zero-order chi connectivity index (χ0) is 14.5. The van der Waals surface area contributed by atoms with Gasteiger partial charge in [-0.25, -0.2) is 14.7 Å². The number of nitrogens with two attached hydrogens (primary N) is 1. The Kier molecular flexibility index (Phi) is 6.13. The Morgan fingerprint density at radius 3 is 2.86 bits per heavy atom. The Morgan fingerprint density at radius 1 is 1.32 bits per heavy atom. The molecule has 0 aromatic carbocycles. The maximum atomic E-state index is 6.02. The minimum atomic E-state index is 0. The number of morpholine rings is 1. The molecule has 0 unspecified atom stereocenters. The number of pyridine rings is 1. The minimum absolute atomic E-state index is 0. The second-order valence-electron chi connectivity index (χ2n) is 4.75. The van der Waals surface area contributed by atoms with Gasteiger partial charge in [0.05, 0.1) is 19.8 Å². The molecule has 0 spiro atoms. The number of hydrogen-bond acceptors (Lipinski definition) is 4. The van der Waals surface area contributed by atoms with Gasteiger partial charge in [-0.05, 0) is 23.8 Å². The quantitative estimate of drug-likeness (QED) is 0.461. The molecule has 2 N–H and O–H groups in total. The fourth-order valence-corrected chi connectivity index (χ4v) is 2.15. The van der Waals surface area contributed by atoms with Crippen LogP contribution in [0.4, 0.5) is 0 Å². The van der Waals surface area contributed by atoms with E-state index in [2.05, 4.69) is 15.1 Å². The van der Waals surface area contributed by atoms with E-state index in [4.69, 9.17) is 10.5 Å². The predicted molar refractivity (Wildman–Crippen MR) is 94.5 cm³/mol. The molecule has 0 atom stereocenters. The van der Waals surface area contributed by atoms with Crippen molar-refractivity contribution in [3.05, 3.63) is 42.4 Å². The summed E-state index contributed by atoms with van der Waals surface area (Å²) in [5.41, 5.74) is 7.06. The van der Waals surface area contributed by atoms with Crippen LogP contribution in [0.3, 0.4) is 0 Å². The van der Waals surface area contributed by atoms with E-state index in [-0.39, 0.29) is 24.0 Å². The van der Waals surface area contributed by atoms with Crippen LogP contribution >= 0.6 is 24.0 Å². The molecule has 1 aliphatic rings. The molecule has 7 nitrogen and oxygen atoms in total. The van der Waals surface area contributed by atoms with Crippen LogP contribution in [0.2, 0.25) is 0 Å². The molecule has 0 radical (unpaired) electrons. The van der Waals surface area contributed by atoms with Gasteiger partial charge < -0.3 is 15.4 Å². The normalized spacial score (nSPS) is 15.5. The average Bonchev–Trinajstić information content (AvgIpc) is 3.08. The van der Waals surface area contributed by atoms with Crippen LogP contribution in [0.1, 0.15) is 5.56 Å². The Hall–Kier alpha value is -1.68. The zero-order valence-corrected chi connectivity index (χ0v) is 14.5. The molecule has 1 aliphatic heterocycles. The Bertz CT molecular complexity index is 610. The Labute approximate surface area is 146 Å². The lowest BCUT2D eigenvalue weighted by molar-refractivity contribution is 0.0674. The van der Waals surface area contributed by atoms with Gasteiger partial charge in [0.1, 0.15) is 0 Å². The number of ether oxygens (including phenoxy) is 1. The molecule has 118 valence electrons. The standard InChI is InChI=1S/C14H18N6O.HI/c15-14(19-6-8-21-9-7-19)17-11-12-2-4-16-13(10-12)20-5-1-3-18-20;/h1-5,10H,6-9,11H2,(H2,15,17);1H. The first kappa shape index (κ1) is 16.7. The first-order chi connectivity index (χ1) is 10.3. The van der Waals surface area contributed by atoms with E-state index in [1.54, 1.807) is 17.1 Å². The van der Waals surface area contributed by atoms with Crippen molar-refractivity contribution in [3.63, 3.8) is 0 Å². The molecular formula is C14H19IN6O. The van der Waals surface area contributed by atoms with Gasteiger partial charge in [-0.3, -0.25) is 0 Å². The monoisotopic (exact) mass is 414 g/mol. The van der Waals surface area contributed by atoms with Gasteiger partial charge in [0.15, 0.2) is 11.8 Å². The maximum Gasteiger partial charge on any atom is 0.191 e. The van der Waals surface area contributed by atoms with Crippen molar-refractivity contribution in [2.75, 3.05) is 26.3 Å². The van der Waals surface area contributed by atoms with E-state index >= 15 is 0 Å². The van der Waals surface area contributed by atoms with Crippen LogP contribution in [-0.2, 0) is 11.3 Å². The fourth-order valence-electron chi connectivity index (χ4n) is 2.15. The Balaban J connectivity index is 0.00000176. The molecule has 0 amide bonds. The lowest BCUT2D eigenvalue weighted by atomic mass is 10.2. The van der Waals surface area contributed by atoms with Crippen LogP contribution in [0.25, 0.3) is 5.82 Å². The fraction of sp³-hybridized carbons (Fsp3) is 0.357. The summed E-state index contributed by atoms with van der Waals surface area (Å²) in [6, 6.07) is 5.76. The van der Waals surface area contributed by atoms with Crippen LogP contribution in [0, 0.1) is 0 Å². The summed E-state index contributed by atoms with van der Waals surface area (Å²) >= 11 is 0.